The molecule has 0 radical (unpaired) electrons. The molecule has 1 aliphatic rings. The van der Waals surface area contributed by atoms with Gasteiger partial charge < -0.3 is 14.9 Å². The van der Waals surface area contributed by atoms with Gasteiger partial charge in [-0.15, -0.1) is 0 Å². The van der Waals surface area contributed by atoms with E-state index in [1.165, 1.54) is 0 Å². The summed E-state index contributed by atoms with van der Waals surface area (Å²) in [4.78, 5) is 11.6. The zero-order valence-electron chi connectivity index (χ0n) is 7.97. The Balaban J connectivity index is 2.27. The van der Waals surface area contributed by atoms with Gasteiger partial charge in [0.2, 0.25) is 0 Å². The van der Waals surface area contributed by atoms with Crippen LogP contribution in [0.25, 0.3) is 11.1 Å². The molecule has 1 aromatic heterocycles. The lowest BCUT2D eigenvalue weighted by molar-refractivity contribution is -0.0242. The fraction of sp³-hybridized carbons (Fsp3) is 0.300. The first kappa shape index (κ1) is 8.55. The van der Waals surface area contributed by atoms with Crippen LogP contribution in [0.3, 0.4) is 0 Å². The number of oxazole rings is 1. The summed E-state index contributed by atoms with van der Waals surface area (Å²) in [6, 6.07) is 5.32. The van der Waals surface area contributed by atoms with E-state index in [1.54, 1.807) is 22.8 Å². The monoisotopic (exact) mass is 206 g/mol. The van der Waals surface area contributed by atoms with Gasteiger partial charge in [-0.3, -0.25) is 4.57 Å². The van der Waals surface area contributed by atoms with Crippen molar-refractivity contribution in [2.45, 2.75) is 6.04 Å². The van der Waals surface area contributed by atoms with Crippen molar-refractivity contribution in [1.82, 2.24) is 4.57 Å². The third-order valence-corrected chi connectivity index (χ3v) is 2.62. The number of nitrogen functional groups attached to an aromatic ring is 1. The number of nitrogens with zero attached hydrogens (tertiary/aromatic N) is 1. The van der Waals surface area contributed by atoms with E-state index in [-0.39, 0.29) is 11.8 Å². The number of hydrogen-bond donors (Lipinski definition) is 1. The van der Waals surface area contributed by atoms with E-state index in [0.29, 0.717) is 24.5 Å². The van der Waals surface area contributed by atoms with Gasteiger partial charge in [-0.05, 0) is 12.1 Å². The van der Waals surface area contributed by atoms with Crippen LogP contribution >= 0.6 is 0 Å². The zero-order valence-corrected chi connectivity index (χ0v) is 7.97. The van der Waals surface area contributed by atoms with E-state index in [0.717, 1.165) is 5.52 Å². The van der Waals surface area contributed by atoms with Crippen LogP contribution in [0.2, 0.25) is 0 Å². The highest BCUT2D eigenvalue weighted by Gasteiger charge is 2.25. The second-order valence-electron chi connectivity index (χ2n) is 3.66. The normalized spacial score (nSPS) is 16.8. The minimum absolute atomic E-state index is 0.0994. The molecule has 0 aliphatic carbocycles. The molecule has 0 bridgehead atoms. The molecule has 0 saturated carbocycles. The second kappa shape index (κ2) is 2.87. The standard InChI is InChI=1S/C10H10N2O3/c11-6-1-2-8-9(3-6)15-10(13)12(8)7-4-14-5-7/h1-3,7H,4-5,11H2. The molecular formula is C10H10N2O3. The van der Waals surface area contributed by atoms with Gasteiger partial charge in [0.15, 0.2) is 5.58 Å². The molecule has 5 nitrogen and oxygen atoms in total. The molecule has 0 spiro atoms. The average molecular weight is 206 g/mol. The van der Waals surface area contributed by atoms with Crippen molar-refractivity contribution in [1.29, 1.82) is 0 Å². The van der Waals surface area contributed by atoms with Crippen LogP contribution in [-0.4, -0.2) is 17.8 Å². The molecule has 1 saturated heterocycles. The van der Waals surface area contributed by atoms with Gasteiger partial charge in [0.05, 0.1) is 24.8 Å². The summed E-state index contributed by atoms with van der Waals surface area (Å²) in [6.45, 7) is 1.14. The van der Waals surface area contributed by atoms with E-state index in [4.69, 9.17) is 14.9 Å². The topological polar surface area (TPSA) is 70.4 Å². The predicted molar refractivity (Wildman–Crippen MR) is 54.7 cm³/mol. The number of benzene rings is 1. The summed E-state index contributed by atoms with van der Waals surface area (Å²) < 4.78 is 11.8. The summed E-state index contributed by atoms with van der Waals surface area (Å²) in [5.41, 5.74) is 7.52. The van der Waals surface area contributed by atoms with E-state index in [9.17, 15) is 4.79 Å². The highest BCUT2D eigenvalue weighted by atomic mass is 16.5. The lowest BCUT2D eigenvalue weighted by Gasteiger charge is -2.26. The minimum atomic E-state index is -0.344. The largest absolute Gasteiger partial charge is 0.420 e. The zero-order chi connectivity index (χ0) is 10.4. The van der Waals surface area contributed by atoms with E-state index in [1.807, 2.05) is 0 Å². The Labute approximate surface area is 85.0 Å². The molecular weight excluding hydrogens is 196 g/mol. The number of anilines is 1. The summed E-state index contributed by atoms with van der Waals surface area (Å²) in [7, 11) is 0. The highest BCUT2D eigenvalue weighted by molar-refractivity contribution is 5.77. The van der Waals surface area contributed by atoms with Gasteiger partial charge in [-0.1, -0.05) is 0 Å². The van der Waals surface area contributed by atoms with Crippen LogP contribution in [0.15, 0.2) is 27.4 Å². The number of aromatic nitrogens is 1. The van der Waals surface area contributed by atoms with Gasteiger partial charge in [0, 0.05) is 11.8 Å². The van der Waals surface area contributed by atoms with E-state index in [2.05, 4.69) is 0 Å². The lowest BCUT2D eigenvalue weighted by Crippen LogP contribution is -2.35. The molecule has 0 unspecified atom stereocenters. The molecule has 2 N–H and O–H groups in total. The SMILES string of the molecule is Nc1ccc2c(c1)oc(=O)n2C1COC1. The predicted octanol–water partition coefficient (Wildman–Crippen LogP) is 0.748. The highest BCUT2D eigenvalue weighted by Crippen LogP contribution is 2.23. The smallest absolute Gasteiger partial charge is 0.408 e. The first-order chi connectivity index (χ1) is 7.25. The Bertz CT molecular complexity index is 566. The fourth-order valence-electron chi connectivity index (χ4n) is 1.77. The Hall–Kier alpha value is -1.75. The number of ether oxygens (including phenoxy) is 1. The first-order valence-electron chi connectivity index (χ1n) is 4.74. The summed E-state index contributed by atoms with van der Waals surface area (Å²) in [5.74, 6) is -0.344. The molecule has 2 heterocycles. The summed E-state index contributed by atoms with van der Waals surface area (Å²) in [6.07, 6.45) is 0. The number of hydrogen-bond acceptors (Lipinski definition) is 4. The number of rotatable bonds is 1. The fourth-order valence-corrected chi connectivity index (χ4v) is 1.77. The number of nitrogens with two attached hydrogens (primary N) is 1. The van der Waals surface area contributed by atoms with Crippen molar-refractivity contribution in [2.24, 2.45) is 0 Å². The summed E-state index contributed by atoms with van der Waals surface area (Å²) >= 11 is 0. The quantitative estimate of drug-likeness (QED) is 0.699. The molecule has 2 aromatic rings. The van der Waals surface area contributed by atoms with Crippen molar-refractivity contribution < 1.29 is 9.15 Å². The molecule has 5 heteroatoms. The van der Waals surface area contributed by atoms with Crippen molar-refractivity contribution in [3.8, 4) is 0 Å². The van der Waals surface area contributed by atoms with Gasteiger partial charge >= 0.3 is 5.76 Å². The van der Waals surface area contributed by atoms with Crippen molar-refractivity contribution in [3.63, 3.8) is 0 Å². The maximum Gasteiger partial charge on any atom is 0.420 e. The van der Waals surface area contributed by atoms with Gasteiger partial charge in [0.25, 0.3) is 0 Å². The van der Waals surface area contributed by atoms with Crippen molar-refractivity contribution in [2.75, 3.05) is 18.9 Å². The molecule has 0 amide bonds. The van der Waals surface area contributed by atoms with Crippen LogP contribution in [0.4, 0.5) is 5.69 Å². The van der Waals surface area contributed by atoms with E-state index >= 15 is 0 Å². The second-order valence-corrected chi connectivity index (χ2v) is 3.66. The first-order valence-corrected chi connectivity index (χ1v) is 4.74. The maximum atomic E-state index is 11.6. The Morgan fingerprint density at radius 3 is 2.87 bits per heavy atom. The molecule has 3 rings (SSSR count). The van der Waals surface area contributed by atoms with Gasteiger partial charge in [0.1, 0.15) is 0 Å². The van der Waals surface area contributed by atoms with Crippen LogP contribution in [0, 0.1) is 0 Å². The maximum absolute atomic E-state index is 11.6. The molecule has 1 aromatic carbocycles. The van der Waals surface area contributed by atoms with Gasteiger partial charge in [-0.2, -0.15) is 0 Å². The van der Waals surface area contributed by atoms with Crippen molar-refractivity contribution in [3.05, 3.63) is 28.7 Å². The minimum Gasteiger partial charge on any atom is -0.408 e. The third kappa shape index (κ3) is 1.16. The molecule has 0 atom stereocenters. The number of fused-ring (bicyclic) bond motifs is 1. The Kier molecular flexibility index (Phi) is 1.63. The van der Waals surface area contributed by atoms with Crippen LogP contribution in [0.1, 0.15) is 6.04 Å². The van der Waals surface area contributed by atoms with Crippen LogP contribution in [-0.2, 0) is 4.74 Å². The molecule has 1 fully saturated rings. The average Bonchev–Trinajstić information content (AvgIpc) is 2.40. The Morgan fingerprint density at radius 2 is 2.20 bits per heavy atom. The lowest BCUT2D eigenvalue weighted by atomic mass is 10.2. The van der Waals surface area contributed by atoms with Crippen LogP contribution in [0.5, 0.6) is 0 Å². The summed E-state index contributed by atoms with van der Waals surface area (Å²) in [5, 5.41) is 0. The molecule has 78 valence electrons. The third-order valence-electron chi connectivity index (χ3n) is 2.62. The van der Waals surface area contributed by atoms with Gasteiger partial charge in [-0.25, -0.2) is 4.79 Å². The van der Waals surface area contributed by atoms with Crippen molar-refractivity contribution >= 4 is 16.8 Å². The Morgan fingerprint density at radius 1 is 1.40 bits per heavy atom. The van der Waals surface area contributed by atoms with E-state index < -0.39 is 0 Å². The van der Waals surface area contributed by atoms with Crippen LogP contribution < -0.4 is 11.5 Å². The molecule has 15 heavy (non-hydrogen) atoms. The molecule has 1 aliphatic heterocycles.